The summed E-state index contributed by atoms with van der Waals surface area (Å²) in [6.45, 7) is 6.79. The van der Waals surface area contributed by atoms with E-state index in [1.807, 2.05) is 59.3 Å². The van der Waals surface area contributed by atoms with Crippen LogP contribution in [0.2, 0.25) is 0 Å². The molecule has 0 aliphatic rings. The molecule has 28 heavy (non-hydrogen) atoms. The first-order valence-electron chi connectivity index (χ1n) is 9.20. The highest BCUT2D eigenvalue weighted by molar-refractivity contribution is 5.98. The van der Waals surface area contributed by atoms with Crippen LogP contribution in [0.1, 0.15) is 26.3 Å². The van der Waals surface area contributed by atoms with Crippen LogP contribution in [0.15, 0.2) is 60.9 Å². The highest BCUT2D eigenvalue weighted by atomic mass is 16.5. The van der Waals surface area contributed by atoms with Crippen LogP contribution < -0.4 is 10.5 Å². The van der Waals surface area contributed by atoms with Crippen molar-refractivity contribution in [2.75, 3.05) is 5.73 Å². The largest absolute Gasteiger partial charge is 0.489 e. The Labute approximate surface area is 164 Å². The van der Waals surface area contributed by atoms with Crippen molar-refractivity contribution in [3.63, 3.8) is 0 Å². The first kappa shape index (κ1) is 18.0. The van der Waals surface area contributed by atoms with Gasteiger partial charge in [0.15, 0.2) is 5.65 Å². The minimum Gasteiger partial charge on any atom is -0.489 e. The van der Waals surface area contributed by atoms with Crippen molar-refractivity contribution in [1.82, 2.24) is 19.7 Å². The molecule has 142 valence electrons. The predicted octanol–water partition coefficient (Wildman–Crippen LogP) is 4.41. The van der Waals surface area contributed by atoms with Gasteiger partial charge in [0, 0.05) is 5.56 Å². The SMILES string of the molecule is CC(C)(C)n1nc(-c2ccc(OCc3ccccc3)cc2)c2c(N)ncnc21. The van der Waals surface area contributed by atoms with Crippen LogP contribution in [0, 0.1) is 0 Å². The molecule has 6 heteroatoms. The van der Waals surface area contributed by atoms with Gasteiger partial charge in [-0.1, -0.05) is 30.3 Å². The molecule has 6 nitrogen and oxygen atoms in total. The van der Waals surface area contributed by atoms with Crippen LogP contribution in [0.25, 0.3) is 22.3 Å². The molecule has 0 bridgehead atoms. The van der Waals surface area contributed by atoms with E-state index in [9.17, 15) is 0 Å². The Balaban J connectivity index is 1.67. The van der Waals surface area contributed by atoms with Gasteiger partial charge in [-0.05, 0) is 50.6 Å². The van der Waals surface area contributed by atoms with Gasteiger partial charge >= 0.3 is 0 Å². The summed E-state index contributed by atoms with van der Waals surface area (Å²) in [6, 6.07) is 18.0. The molecule has 0 radical (unpaired) electrons. The fraction of sp³-hybridized carbons (Fsp3) is 0.227. The molecule has 2 aromatic carbocycles. The zero-order valence-electron chi connectivity index (χ0n) is 16.3. The zero-order valence-corrected chi connectivity index (χ0v) is 16.3. The minimum atomic E-state index is -0.226. The molecule has 0 saturated heterocycles. The molecule has 0 amide bonds. The smallest absolute Gasteiger partial charge is 0.164 e. The van der Waals surface area contributed by atoms with Crippen molar-refractivity contribution in [2.45, 2.75) is 32.9 Å². The van der Waals surface area contributed by atoms with Gasteiger partial charge in [0.25, 0.3) is 0 Å². The molecule has 0 atom stereocenters. The number of aromatic nitrogens is 4. The average Bonchev–Trinajstić information content (AvgIpc) is 3.09. The summed E-state index contributed by atoms with van der Waals surface area (Å²) in [5.41, 5.74) is 9.53. The van der Waals surface area contributed by atoms with E-state index in [1.54, 1.807) is 0 Å². The van der Waals surface area contributed by atoms with Crippen molar-refractivity contribution in [3.05, 3.63) is 66.5 Å². The molecule has 4 rings (SSSR count). The highest BCUT2D eigenvalue weighted by Gasteiger charge is 2.23. The first-order valence-corrected chi connectivity index (χ1v) is 9.20. The van der Waals surface area contributed by atoms with Crippen molar-refractivity contribution in [1.29, 1.82) is 0 Å². The van der Waals surface area contributed by atoms with Gasteiger partial charge in [-0.2, -0.15) is 5.10 Å². The number of nitrogens with zero attached hydrogens (tertiary/aromatic N) is 4. The fourth-order valence-electron chi connectivity index (χ4n) is 3.09. The number of rotatable bonds is 4. The van der Waals surface area contributed by atoms with Crippen molar-refractivity contribution < 1.29 is 4.74 Å². The number of hydrogen-bond donors (Lipinski definition) is 1. The third-order valence-electron chi connectivity index (χ3n) is 4.51. The molecular formula is C22H23N5O. The third kappa shape index (κ3) is 3.41. The molecule has 2 heterocycles. The Kier molecular flexibility index (Phi) is 4.47. The molecule has 2 N–H and O–H groups in total. The van der Waals surface area contributed by atoms with Gasteiger partial charge in [-0.3, -0.25) is 0 Å². The maximum absolute atomic E-state index is 6.16. The van der Waals surface area contributed by atoms with E-state index < -0.39 is 0 Å². The number of anilines is 1. The number of ether oxygens (including phenoxy) is 1. The highest BCUT2D eigenvalue weighted by Crippen LogP contribution is 2.33. The van der Waals surface area contributed by atoms with Crippen LogP contribution >= 0.6 is 0 Å². The lowest BCUT2D eigenvalue weighted by molar-refractivity contribution is 0.306. The van der Waals surface area contributed by atoms with Gasteiger partial charge in [0.1, 0.15) is 30.2 Å². The van der Waals surface area contributed by atoms with Gasteiger partial charge in [-0.25, -0.2) is 14.6 Å². The Morgan fingerprint density at radius 2 is 1.68 bits per heavy atom. The Bertz CT molecular complexity index is 1100. The summed E-state index contributed by atoms with van der Waals surface area (Å²) in [5.74, 6) is 1.23. The maximum Gasteiger partial charge on any atom is 0.164 e. The van der Waals surface area contributed by atoms with E-state index in [0.29, 0.717) is 12.4 Å². The normalized spacial score (nSPS) is 11.7. The number of nitrogens with two attached hydrogens (primary N) is 1. The second-order valence-corrected chi connectivity index (χ2v) is 7.69. The molecule has 0 saturated carbocycles. The topological polar surface area (TPSA) is 78.9 Å². The summed E-state index contributed by atoms with van der Waals surface area (Å²) in [6.07, 6.45) is 1.48. The third-order valence-corrected chi connectivity index (χ3v) is 4.51. The van der Waals surface area contributed by atoms with Gasteiger partial charge in [0.2, 0.25) is 0 Å². The van der Waals surface area contributed by atoms with Crippen LogP contribution in [0.5, 0.6) is 5.75 Å². The molecule has 0 spiro atoms. The van der Waals surface area contributed by atoms with E-state index >= 15 is 0 Å². The summed E-state index contributed by atoms with van der Waals surface area (Å²) < 4.78 is 7.78. The lowest BCUT2D eigenvalue weighted by Crippen LogP contribution is -2.23. The molecular weight excluding hydrogens is 350 g/mol. The molecule has 2 aromatic heterocycles. The van der Waals surface area contributed by atoms with Crippen LogP contribution in [0.4, 0.5) is 5.82 Å². The maximum atomic E-state index is 6.16. The van der Waals surface area contributed by atoms with Crippen LogP contribution in [-0.2, 0) is 12.1 Å². The van der Waals surface area contributed by atoms with Crippen molar-refractivity contribution >= 4 is 16.9 Å². The summed E-state index contributed by atoms with van der Waals surface area (Å²) in [5, 5.41) is 5.58. The zero-order chi connectivity index (χ0) is 19.7. The van der Waals surface area contributed by atoms with Gasteiger partial charge in [-0.15, -0.1) is 0 Å². The van der Waals surface area contributed by atoms with Crippen molar-refractivity contribution in [2.24, 2.45) is 0 Å². The summed E-state index contributed by atoms with van der Waals surface area (Å²) >= 11 is 0. The second kappa shape index (κ2) is 6.96. The summed E-state index contributed by atoms with van der Waals surface area (Å²) in [7, 11) is 0. The quantitative estimate of drug-likeness (QED) is 0.573. The standard InChI is InChI=1S/C22H23N5O/c1-22(2,3)27-21-18(20(23)24-14-25-21)19(26-27)16-9-11-17(12-10-16)28-13-15-7-5-4-6-8-15/h4-12,14H,13H2,1-3H3,(H2,23,24,25). The minimum absolute atomic E-state index is 0.226. The number of fused-ring (bicyclic) bond motifs is 1. The predicted molar refractivity (Wildman–Crippen MR) is 111 cm³/mol. The van der Waals surface area contributed by atoms with Gasteiger partial charge in [0.05, 0.1) is 10.9 Å². The van der Waals surface area contributed by atoms with E-state index in [-0.39, 0.29) is 5.54 Å². The second-order valence-electron chi connectivity index (χ2n) is 7.69. The van der Waals surface area contributed by atoms with Crippen molar-refractivity contribution in [3.8, 4) is 17.0 Å². The van der Waals surface area contributed by atoms with Gasteiger partial charge < -0.3 is 10.5 Å². The van der Waals surface area contributed by atoms with E-state index in [4.69, 9.17) is 15.6 Å². The molecule has 4 aromatic rings. The average molecular weight is 373 g/mol. The van der Waals surface area contributed by atoms with E-state index in [2.05, 4.69) is 30.7 Å². The Hall–Kier alpha value is -3.41. The van der Waals surface area contributed by atoms with E-state index in [1.165, 1.54) is 6.33 Å². The number of benzene rings is 2. The monoisotopic (exact) mass is 373 g/mol. The van der Waals surface area contributed by atoms with E-state index in [0.717, 1.165) is 33.6 Å². The molecule has 0 aliphatic heterocycles. The van der Waals surface area contributed by atoms with Crippen LogP contribution in [0.3, 0.4) is 0 Å². The molecule has 0 unspecified atom stereocenters. The fourth-order valence-corrected chi connectivity index (χ4v) is 3.09. The Morgan fingerprint density at radius 3 is 2.36 bits per heavy atom. The number of hydrogen-bond acceptors (Lipinski definition) is 5. The first-order chi connectivity index (χ1) is 13.4. The molecule has 0 fully saturated rings. The molecule has 0 aliphatic carbocycles. The van der Waals surface area contributed by atoms with Crippen LogP contribution in [-0.4, -0.2) is 19.7 Å². The lowest BCUT2D eigenvalue weighted by Gasteiger charge is -2.19. The number of nitrogen functional groups attached to an aromatic ring is 1. The Morgan fingerprint density at radius 1 is 0.964 bits per heavy atom. The lowest BCUT2D eigenvalue weighted by atomic mass is 10.1. The summed E-state index contributed by atoms with van der Waals surface area (Å²) in [4.78, 5) is 8.58.